The molecule has 1 aliphatic heterocycles. The van der Waals surface area contributed by atoms with Crippen LogP contribution in [-0.2, 0) is 11.2 Å². The summed E-state index contributed by atoms with van der Waals surface area (Å²) >= 11 is 0. The standard InChI is InChI=1S/C13H17NO2/c1-2-16-13(15)12-5-3-10(4-6-12)7-11-8-14-9-11/h3-6,11,14H,2,7-9H2,1H3. The summed E-state index contributed by atoms with van der Waals surface area (Å²) in [5, 5.41) is 3.25. The summed E-state index contributed by atoms with van der Waals surface area (Å²) in [6.07, 6.45) is 1.09. The summed E-state index contributed by atoms with van der Waals surface area (Å²) in [4.78, 5) is 11.4. The molecule has 1 aliphatic rings. The molecule has 1 N–H and O–H groups in total. The Morgan fingerprint density at radius 2 is 2.06 bits per heavy atom. The molecule has 16 heavy (non-hydrogen) atoms. The second kappa shape index (κ2) is 5.12. The lowest BCUT2D eigenvalue weighted by atomic mass is 9.94. The second-order valence-corrected chi connectivity index (χ2v) is 4.15. The molecule has 3 nitrogen and oxygen atoms in total. The van der Waals surface area contributed by atoms with Crippen LogP contribution in [0, 0.1) is 5.92 Å². The molecule has 2 rings (SSSR count). The minimum absolute atomic E-state index is 0.237. The smallest absolute Gasteiger partial charge is 0.338 e. The molecule has 1 saturated heterocycles. The highest BCUT2D eigenvalue weighted by atomic mass is 16.5. The van der Waals surface area contributed by atoms with E-state index in [0.717, 1.165) is 25.4 Å². The molecule has 0 saturated carbocycles. The Bertz CT molecular complexity index is 355. The Morgan fingerprint density at radius 3 is 2.56 bits per heavy atom. The SMILES string of the molecule is CCOC(=O)c1ccc(CC2CNC2)cc1. The number of hydrogen-bond donors (Lipinski definition) is 1. The number of benzene rings is 1. The van der Waals surface area contributed by atoms with E-state index in [1.807, 2.05) is 31.2 Å². The van der Waals surface area contributed by atoms with Gasteiger partial charge in [0.1, 0.15) is 0 Å². The van der Waals surface area contributed by atoms with Gasteiger partial charge in [0.25, 0.3) is 0 Å². The first-order chi connectivity index (χ1) is 7.79. The van der Waals surface area contributed by atoms with Gasteiger partial charge >= 0.3 is 5.97 Å². The van der Waals surface area contributed by atoms with Crippen molar-refractivity contribution in [1.29, 1.82) is 0 Å². The summed E-state index contributed by atoms with van der Waals surface area (Å²) in [5.41, 5.74) is 1.93. The summed E-state index contributed by atoms with van der Waals surface area (Å²) in [5.74, 6) is 0.521. The molecule has 1 aromatic carbocycles. The van der Waals surface area contributed by atoms with Crippen molar-refractivity contribution in [1.82, 2.24) is 5.32 Å². The van der Waals surface area contributed by atoms with E-state index in [1.165, 1.54) is 5.56 Å². The maximum atomic E-state index is 11.4. The van der Waals surface area contributed by atoms with Crippen LogP contribution in [0.4, 0.5) is 0 Å². The molecule has 1 heterocycles. The lowest BCUT2D eigenvalue weighted by Gasteiger charge is -2.27. The predicted octanol–water partition coefficient (Wildman–Crippen LogP) is 1.63. The third kappa shape index (κ3) is 2.61. The molecule has 0 unspecified atom stereocenters. The number of carbonyl (C=O) groups excluding carboxylic acids is 1. The Morgan fingerprint density at radius 1 is 1.38 bits per heavy atom. The van der Waals surface area contributed by atoms with Gasteiger partial charge < -0.3 is 10.1 Å². The molecular weight excluding hydrogens is 202 g/mol. The molecule has 0 aromatic heterocycles. The summed E-state index contributed by atoms with van der Waals surface area (Å²) in [7, 11) is 0. The lowest BCUT2D eigenvalue weighted by molar-refractivity contribution is 0.0526. The van der Waals surface area contributed by atoms with E-state index in [0.29, 0.717) is 12.2 Å². The van der Waals surface area contributed by atoms with Gasteiger partial charge in [-0.1, -0.05) is 12.1 Å². The highest BCUT2D eigenvalue weighted by molar-refractivity contribution is 5.89. The first kappa shape index (κ1) is 11.1. The summed E-state index contributed by atoms with van der Waals surface area (Å²) in [6, 6.07) is 7.73. The average molecular weight is 219 g/mol. The molecule has 0 atom stereocenters. The number of rotatable bonds is 4. The van der Waals surface area contributed by atoms with Crippen molar-refractivity contribution in [3.8, 4) is 0 Å². The zero-order valence-electron chi connectivity index (χ0n) is 9.53. The third-order valence-electron chi connectivity index (χ3n) is 2.86. The van der Waals surface area contributed by atoms with E-state index in [1.54, 1.807) is 0 Å². The van der Waals surface area contributed by atoms with E-state index in [2.05, 4.69) is 5.32 Å². The maximum Gasteiger partial charge on any atom is 0.338 e. The minimum atomic E-state index is -0.237. The van der Waals surface area contributed by atoms with Gasteiger partial charge in [-0.2, -0.15) is 0 Å². The zero-order valence-corrected chi connectivity index (χ0v) is 9.53. The van der Waals surface area contributed by atoms with Crippen LogP contribution in [-0.4, -0.2) is 25.7 Å². The van der Waals surface area contributed by atoms with Gasteiger partial charge in [0, 0.05) is 0 Å². The predicted molar refractivity (Wildman–Crippen MR) is 62.5 cm³/mol. The molecule has 86 valence electrons. The van der Waals surface area contributed by atoms with Gasteiger partial charge in [-0.3, -0.25) is 0 Å². The molecule has 3 heteroatoms. The largest absolute Gasteiger partial charge is 0.462 e. The Hall–Kier alpha value is -1.35. The van der Waals surface area contributed by atoms with Crippen molar-refractivity contribution in [2.24, 2.45) is 5.92 Å². The van der Waals surface area contributed by atoms with E-state index >= 15 is 0 Å². The van der Waals surface area contributed by atoms with Crippen LogP contribution in [0.5, 0.6) is 0 Å². The van der Waals surface area contributed by atoms with Crippen LogP contribution in [0.2, 0.25) is 0 Å². The fourth-order valence-electron chi connectivity index (χ4n) is 1.82. The first-order valence-corrected chi connectivity index (χ1v) is 5.76. The number of carbonyl (C=O) groups is 1. The Balaban J connectivity index is 1.95. The molecule has 0 radical (unpaired) electrons. The van der Waals surface area contributed by atoms with Gasteiger partial charge in [-0.05, 0) is 50.0 Å². The molecule has 0 bridgehead atoms. The van der Waals surface area contributed by atoms with E-state index in [9.17, 15) is 4.79 Å². The van der Waals surface area contributed by atoms with E-state index in [-0.39, 0.29) is 5.97 Å². The Labute approximate surface area is 95.8 Å². The maximum absolute atomic E-state index is 11.4. The number of ether oxygens (including phenoxy) is 1. The number of nitrogens with one attached hydrogen (secondary N) is 1. The fourth-order valence-corrected chi connectivity index (χ4v) is 1.82. The Kier molecular flexibility index (Phi) is 3.57. The van der Waals surface area contributed by atoms with Gasteiger partial charge in [0.2, 0.25) is 0 Å². The molecule has 0 aliphatic carbocycles. The first-order valence-electron chi connectivity index (χ1n) is 5.76. The number of hydrogen-bond acceptors (Lipinski definition) is 3. The van der Waals surface area contributed by atoms with E-state index in [4.69, 9.17) is 4.74 Å². The molecule has 1 fully saturated rings. The quantitative estimate of drug-likeness (QED) is 0.782. The topological polar surface area (TPSA) is 38.3 Å². The lowest BCUT2D eigenvalue weighted by Crippen LogP contribution is -2.43. The van der Waals surface area contributed by atoms with Crippen molar-refractivity contribution in [3.63, 3.8) is 0 Å². The van der Waals surface area contributed by atoms with Crippen molar-refractivity contribution in [3.05, 3.63) is 35.4 Å². The monoisotopic (exact) mass is 219 g/mol. The van der Waals surface area contributed by atoms with Crippen LogP contribution in [0.25, 0.3) is 0 Å². The molecule has 1 aromatic rings. The van der Waals surface area contributed by atoms with Crippen LogP contribution in [0.15, 0.2) is 24.3 Å². The number of esters is 1. The highest BCUT2D eigenvalue weighted by Gasteiger charge is 2.16. The fraction of sp³-hybridized carbons (Fsp3) is 0.462. The van der Waals surface area contributed by atoms with Gasteiger partial charge in [0.15, 0.2) is 0 Å². The van der Waals surface area contributed by atoms with Gasteiger partial charge in [-0.15, -0.1) is 0 Å². The van der Waals surface area contributed by atoms with Crippen LogP contribution >= 0.6 is 0 Å². The van der Waals surface area contributed by atoms with Crippen molar-refractivity contribution in [2.45, 2.75) is 13.3 Å². The van der Waals surface area contributed by atoms with Crippen LogP contribution < -0.4 is 5.32 Å². The van der Waals surface area contributed by atoms with Gasteiger partial charge in [0.05, 0.1) is 12.2 Å². The van der Waals surface area contributed by atoms with Crippen molar-refractivity contribution >= 4 is 5.97 Å². The van der Waals surface area contributed by atoms with Gasteiger partial charge in [-0.25, -0.2) is 4.79 Å². The highest BCUT2D eigenvalue weighted by Crippen LogP contribution is 2.13. The normalized spacial score (nSPS) is 15.6. The summed E-state index contributed by atoms with van der Waals surface area (Å²) < 4.78 is 4.93. The third-order valence-corrected chi connectivity index (χ3v) is 2.86. The zero-order chi connectivity index (χ0) is 11.4. The van der Waals surface area contributed by atoms with E-state index < -0.39 is 0 Å². The van der Waals surface area contributed by atoms with Crippen molar-refractivity contribution < 1.29 is 9.53 Å². The molecular formula is C13H17NO2. The van der Waals surface area contributed by atoms with Crippen LogP contribution in [0.3, 0.4) is 0 Å². The average Bonchev–Trinajstić information content (AvgIpc) is 2.25. The van der Waals surface area contributed by atoms with Crippen molar-refractivity contribution in [2.75, 3.05) is 19.7 Å². The minimum Gasteiger partial charge on any atom is -0.462 e. The van der Waals surface area contributed by atoms with Crippen LogP contribution in [0.1, 0.15) is 22.8 Å². The summed E-state index contributed by atoms with van der Waals surface area (Å²) in [6.45, 7) is 4.46. The second-order valence-electron chi connectivity index (χ2n) is 4.15. The molecule has 0 spiro atoms. The molecule has 0 amide bonds.